The Morgan fingerprint density at radius 1 is 1.32 bits per heavy atom. The molecule has 0 fully saturated rings. The maximum atomic E-state index is 12.4. The third-order valence-electron chi connectivity index (χ3n) is 4.45. The zero-order valence-electron chi connectivity index (χ0n) is 14.0. The first-order chi connectivity index (χ1) is 12.2. The van der Waals surface area contributed by atoms with Crippen LogP contribution >= 0.6 is 11.3 Å². The summed E-state index contributed by atoms with van der Waals surface area (Å²) >= 11 is 1.58. The summed E-state index contributed by atoms with van der Waals surface area (Å²) in [6, 6.07) is 12.0. The van der Waals surface area contributed by atoms with Crippen LogP contribution in [0.15, 0.2) is 46.6 Å². The first-order valence-corrected chi connectivity index (χ1v) is 9.12. The molecule has 2 aromatic heterocycles. The highest BCUT2D eigenvalue weighted by Crippen LogP contribution is 2.23. The molecule has 0 amide bonds. The second kappa shape index (κ2) is 6.82. The number of fused-ring (bicyclic) bond motifs is 1. The van der Waals surface area contributed by atoms with Crippen molar-refractivity contribution in [1.29, 1.82) is 0 Å². The number of thiophene rings is 1. The number of hydrogen-bond acceptors (Lipinski definition) is 5. The van der Waals surface area contributed by atoms with Gasteiger partial charge >= 0.3 is 0 Å². The topological polar surface area (TPSA) is 58.2 Å². The first-order valence-electron chi connectivity index (χ1n) is 8.24. The minimum Gasteiger partial charge on any atom is -0.497 e. The number of benzene rings is 1. The zero-order valence-corrected chi connectivity index (χ0v) is 14.8. The van der Waals surface area contributed by atoms with Crippen LogP contribution in [0.5, 0.6) is 5.75 Å². The molecule has 0 radical (unpaired) electrons. The van der Waals surface area contributed by atoms with E-state index in [4.69, 9.17) is 9.72 Å². The Morgan fingerprint density at radius 2 is 2.24 bits per heavy atom. The molecule has 6 heteroatoms. The number of nitrogens with zero attached hydrogens (tertiary/aromatic N) is 2. The predicted molar refractivity (Wildman–Crippen MR) is 99.0 cm³/mol. The quantitative estimate of drug-likeness (QED) is 0.783. The van der Waals surface area contributed by atoms with Crippen LogP contribution < -0.4 is 10.3 Å². The summed E-state index contributed by atoms with van der Waals surface area (Å²) in [4.78, 5) is 23.4. The zero-order chi connectivity index (χ0) is 17.2. The van der Waals surface area contributed by atoms with E-state index in [-0.39, 0.29) is 5.56 Å². The summed E-state index contributed by atoms with van der Waals surface area (Å²) in [5, 5.41) is 1.99. The minimum atomic E-state index is -0.00516. The van der Waals surface area contributed by atoms with Gasteiger partial charge < -0.3 is 9.72 Å². The molecule has 1 aromatic carbocycles. The van der Waals surface area contributed by atoms with Gasteiger partial charge in [-0.15, -0.1) is 11.3 Å². The van der Waals surface area contributed by atoms with Crippen molar-refractivity contribution in [3.8, 4) is 16.5 Å². The van der Waals surface area contributed by atoms with E-state index in [1.807, 2.05) is 29.6 Å². The van der Waals surface area contributed by atoms with Crippen LogP contribution in [-0.4, -0.2) is 28.5 Å². The van der Waals surface area contributed by atoms with Crippen molar-refractivity contribution < 1.29 is 4.74 Å². The second-order valence-electron chi connectivity index (χ2n) is 6.13. The lowest BCUT2D eigenvalue weighted by Crippen LogP contribution is -2.35. The molecule has 0 unspecified atom stereocenters. The average molecular weight is 353 g/mol. The van der Waals surface area contributed by atoms with Crippen LogP contribution in [0.1, 0.15) is 16.8 Å². The van der Waals surface area contributed by atoms with Gasteiger partial charge in [-0.25, -0.2) is 4.98 Å². The molecular weight excluding hydrogens is 334 g/mol. The molecule has 0 saturated carbocycles. The summed E-state index contributed by atoms with van der Waals surface area (Å²) in [7, 11) is 1.68. The van der Waals surface area contributed by atoms with Crippen LogP contribution in [0, 0.1) is 0 Å². The van der Waals surface area contributed by atoms with Crippen molar-refractivity contribution in [3.05, 3.63) is 69.0 Å². The molecule has 4 rings (SSSR count). The van der Waals surface area contributed by atoms with E-state index >= 15 is 0 Å². The molecule has 0 saturated heterocycles. The number of methoxy groups -OCH3 is 1. The Labute approximate surface area is 149 Å². The van der Waals surface area contributed by atoms with Gasteiger partial charge in [0.1, 0.15) is 5.75 Å². The fourth-order valence-electron chi connectivity index (χ4n) is 3.19. The van der Waals surface area contributed by atoms with Gasteiger partial charge in [0.2, 0.25) is 0 Å². The van der Waals surface area contributed by atoms with E-state index in [2.05, 4.69) is 22.0 Å². The highest BCUT2D eigenvalue weighted by Gasteiger charge is 2.21. The van der Waals surface area contributed by atoms with E-state index < -0.39 is 0 Å². The van der Waals surface area contributed by atoms with Gasteiger partial charge in [0.15, 0.2) is 5.82 Å². The van der Waals surface area contributed by atoms with Gasteiger partial charge in [-0.2, -0.15) is 0 Å². The molecule has 0 aliphatic carbocycles. The van der Waals surface area contributed by atoms with Crippen molar-refractivity contribution in [3.63, 3.8) is 0 Å². The lowest BCUT2D eigenvalue weighted by molar-refractivity contribution is 0.240. The summed E-state index contributed by atoms with van der Waals surface area (Å²) in [6.45, 7) is 2.36. The van der Waals surface area contributed by atoms with Gasteiger partial charge in [-0.05, 0) is 35.6 Å². The van der Waals surface area contributed by atoms with Crippen molar-refractivity contribution in [1.82, 2.24) is 14.9 Å². The molecule has 3 aromatic rings. The molecular formula is C19H19N3O2S. The lowest BCUT2D eigenvalue weighted by Gasteiger charge is -2.27. The van der Waals surface area contributed by atoms with E-state index in [1.54, 1.807) is 18.4 Å². The number of H-pyrrole nitrogens is 1. The van der Waals surface area contributed by atoms with Gasteiger partial charge in [0.05, 0.1) is 17.7 Å². The Morgan fingerprint density at radius 3 is 3.04 bits per heavy atom. The smallest absolute Gasteiger partial charge is 0.254 e. The maximum absolute atomic E-state index is 12.4. The van der Waals surface area contributed by atoms with Gasteiger partial charge in [-0.1, -0.05) is 18.2 Å². The Bertz CT molecular complexity index is 934. The van der Waals surface area contributed by atoms with Crippen molar-refractivity contribution in [2.24, 2.45) is 0 Å². The molecule has 128 valence electrons. The number of ether oxygens (including phenoxy) is 1. The van der Waals surface area contributed by atoms with Gasteiger partial charge in [0.25, 0.3) is 5.56 Å². The highest BCUT2D eigenvalue weighted by molar-refractivity contribution is 7.13. The molecule has 1 aliphatic heterocycles. The van der Waals surface area contributed by atoms with E-state index in [0.717, 1.165) is 41.4 Å². The molecule has 0 atom stereocenters. The van der Waals surface area contributed by atoms with Crippen LogP contribution in [0.4, 0.5) is 0 Å². The largest absolute Gasteiger partial charge is 0.497 e. The van der Waals surface area contributed by atoms with E-state index in [0.29, 0.717) is 12.4 Å². The summed E-state index contributed by atoms with van der Waals surface area (Å²) in [6.07, 6.45) is 0.729. The normalized spacial score (nSPS) is 14.3. The SMILES string of the molecule is COc1cccc(CN2CCc3c(nc(-c4cccs4)[nH]c3=O)C2)c1. The van der Waals surface area contributed by atoms with E-state index in [1.165, 1.54) is 5.56 Å². The Balaban J connectivity index is 1.58. The molecule has 25 heavy (non-hydrogen) atoms. The van der Waals surface area contributed by atoms with Gasteiger partial charge in [0, 0.05) is 25.2 Å². The molecule has 0 bridgehead atoms. The third-order valence-corrected chi connectivity index (χ3v) is 5.32. The highest BCUT2D eigenvalue weighted by atomic mass is 32.1. The standard InChI is InChI=1S/C19H19N3O2S/c1-24-14-5-2-4-13(10-14)11-22-8-7-15-16(12-22)20-18(21-19(15)23)17-6-3-9-25-17/h2-6,9-10H,7-8,11-12H2,1H3,(H,20,21,23). The monoisotopic (exact) mass is 353 g/mol. The van der Waals surface area contributed by atoms with E-state index in [9.17, 15) is 4.79 Å². The number of nitrogens with one attached hydrogen (secondary N) is 1. The predicted octanol–water partition coefficient (Wildman–Crippen LogP) is 3.07. The molecule has 5 nitrogen and oxygen atoms in total. The van der Waals surface area contributed by atoms with Crippen LogP contribution in [0.3, 0.4) is 0 Å². The third kappa shape index (κ3) is 3.36. The van der Waals surface area contributed by atoms with Crippen molar-refractivity contribution in [2.45, 2.75) is 19.5 Å². The second-order valence-corrected chi connectivity index (χ2v) is 7.08. The maximum Gasteiger partial charge on any atom is 0.254 e. The van der Waals surface area contributed by atoms with Crippen molar-refractivity contribution >= 4 is 11.3 Å². The average Bonchev–Trinajstić information content (AvgIpc) is 3.16. The number of hydrogen-bond donors (Lipinski definition) is 1. The van der Waals surface area contributed by atoms with Crippen LogP contribution in [0.2, 0.25) is 0 Å². The van der Waals surface area contributed by atoms with Crippen LogP contribution in [0.25, 0.3) is 10.7 Å². The Kier molecular flexibility index (Phi) is 4.38. The minimum absolute atomic E-state index is 0.00516. The molecule has 0 spiro atoms. The lowest BCUT2D eigenvalue weighted by atomic mass is 10.1. The fraction of sp³-hybridized carbons (Fsp3) is 0.263. The Hall–Kier alpha value is -2.44. The molecule has 3 heterocycles. The fourth-order valence-corrected chi connectivity index (χ4v) is 3.86. The number of aromatic amines is 1. The summed E-state index contributed by atoms with van der Waals surface area (Å²) < 4.78 is 5.30. The summed E-state index contributed by atoms with van der Waals surface area (Å²) in [5.74, 6) is 1.53. The van der Waals surface area contributed by atoms with Crippen LogP contribution in [-0.2, 0) is 19.5 Å². The summed E-state index contributed by atoms with van der Waals surface area (Å²) in [5.41, 5.74) is 2.91. The van der Waals surface area contributed by atoms with Crippen molar-refractivity contribution in [2.75, 3.05) is 13.7 Å². The molecule has 1 aliphatic rings. The number of aromatic nitrogens is 2. The molecule has 1 N–H and O–H groups in total. The van der Waals surface area contributed by atoms with Gasteiger partial charge in [-0.3, -0.25) is 9.69 Å². The first kappa shape index (κ1) is 16.1. The number of rotatable bonds is 4.